The minimum Gasteiger partial charge on any atom is -0.479 e. The van der Waals surface area contributed by atoms with Crippen LogP contribution in [-0.2, 0) is 4.79 Å². The van der Waals surface area contributed by atoms with E-state index in [1.54, 1.807) is 20.8 Å². The molecule has 1 rings (SSSR count). The van der Waals surface area contributed by atoms with Gasteiger partial charge in [-0.15, -0.1) is 12.4 Å². The molecule has 7 heteroatoms. The summed E-state index contributed by atoms with van der Waals surface area (Å²) in [6.07, 6.45) is -0.745. The van der Waals surface area contributed by atoms with E-state index >= 15 is 0 Å². The van der Waals surface area contributed by atoms with Crippen molar-refractivity contribution in [3.8, 4) is 5.75 Å². The number of halogens is 3. The summed E-state index contributed by atoms with van der Waals surface area (Å²) in [6.45, 7) is 5.51. The Morgan fingerprint density at radius 2 is 2.15 bits per heavy atom. The van der Waals surface area contributed by atoms with E-state index in [4.69, 9.17) is 22.1 Å². The van der Waals surface area contributed by atoms with Crippen molar-refractivity contribution in [1.82, 2.24) is 5.32 Å². The lowest BCUT2D eigenvalue weighted by atomic mass is 10.1. The van der Waals surface area contributed by atoms with Crippen LogP contribution in [0.4, 0.5) is 4.39 Å². The molecule has 0 aliphatic heterocycles. The van der Waals surface area contributed by atoms with Gasteiger partial charge in [-0.05, 0) is 39.0 Å². The molecule has 4 nitrogen and oxygen atoms in total. The van der Waals surface area contributed by atoms with E-state index in [0.717, 1.165) is 6.07 Å². The second-order valence-electron chi connectivity index (χ2n) is 5.04. The fourth-order valence-electron chi connectivity index (χ4n) is 1.27. The van der Waals surface area contributed by atoms with Crippen LogP contribution < -0.4 is 15.8 Å². The summed E-state index contributed by atoms with van der Waals surface area (Å²) in [5, 5.41) is 2.79. The maximum atomic E-state index is 12.9. The Hall–Kier alpha value is -1.04. The Kier molecular flexibility index (Phi) is 7.27. The normalized spacial score (nSPS) is 12.3. The molecule has 1 aromatic carbocycles. The Morgan fingerprint density at radius 3 is 2.65 bits per heavy atom. The third-order valence-corrected chi connectivity index (χ3v) is 2.58. The van der Waals surface area contributed by atoms with E-state index in [9.17, 15) is 9.18 Å². The van der Waals surface area contributed by atoms with Crippen LogP contribution in [0.2, 0.25) is 5.02 Å². The van der Waals surface area contributed by atoms with Gasteiger partial charge in [0.2, 0.25) is 0 Å². The van der Waals surface area contributed by atoms with Gasteiger partial charge in [-0.2, -0.15) is 0 Å². The van der Waals surface area contributed by atoms with Crippen LogP contribution in [0.3, 0.4) is 0 Å². The highest BCUT2D eigenvalue weighted by Crippen LogP contribution is 2.25. The first-order chi connectivity index (χ1) is 8.69. The molecule has 0 fully saturated rings. The second kappa shape index (κ2) is 7.67. The smallest absolute Gasteiger partial charge is 0.260 e. The number of benzene rings is 1. The summed E-state index contributed by atoms with van der Waals surface area (Å²) in [7, 11) is 0. The number of carbonyl (C=O) groups is 1. The van der Waals surface area contributed by atoms with Crippen molar-refractivity contribution in [2.75, 3.05) is 6.54 Å². The van der Waals surface area contributed by atoms with Gasteiger partial charge < -0.3 is 15.8 Å². The number of ether oxygens (including phenoxy) is 1. The third kappa shape index (κ3) is 6.41. The van der Waals surface area contributed by atoms with Gasteiger partial charge in [-0.1, -0.05) is 11.6 Å². The molecule has 3 N–H and O–H groups in total. The van der Waals surface area contributed by atoms with Crippen LogP contribution in [0, 0.1) is 5.82 Å². The average molecular weight is 325 g/mol. The van der Waals surface area contributed by atoms with Crippen LogP contribution in [0.15, 0.2) is 18.2 Å². The maximum absolute atomic E-state index is 12.9. The van der Waals surface area contributed by atoms with E-state index < -0.39 is 17.5 Å². The summed E-state index contributed by atoms with van der Waals surface area (Å²) in [4.78, 5) is 11.8. The molecule has 1 amide bonds. The van der Waals surface area contributed by atoms with Crippen LogP contribution in [0.5, 0.6) is 5.75 Å². The molecule has 1 aromatic rings. The number of hydrogen-bond donors (Lipinski definition) is 2. The summed E-state index contributed by atoms with van der Waals surface area (Å²) < 4.78 is 18.2. The summed E-state index contributed by atoms with van der Waals surface area (Å²) in [6, 6.07) is 3.73. The van der Waals surface area contributed by atoms with Crippen molar-refractivity contribution in [2.24, 2.45) is 5.73 Å². The van der Waals surface area contributed by atoms with E-state index in [-0.39, 0.29) is 29.1 Å². The molecular formula is C13H19Cl2FN2O2. The van der Waals surface area contributed by atoms with Gasteiger partial charge in [-0.3, -0.25) is 4.79 Å². The number of rotatable bonds is 5. The fraction of sp³-hybridized carbons (Fsp3) is 0.462. The van der Waals surface area contributed by atoms with Crippen molar-refractivity contribution in [3.05, 3.63) is 29.0 Å². The van der Waals surface area contributed by atoms with Crippen LogP contribution in [0.25, 0.3) is 0 Å². The highest BCUT2D eigenvalue weighted by molar-refractivity contribution is 6.32. The fourth-order valence-corrected chi connectivity index (χ4v) is 1.49. The highest BCUT2D eigenvalue weighted by atomic mass is 35.5. The molecule has 0 heterocycles. The quantitative estimate of drug-likeness (QED) is 0.874. The van der Waals surface area contributed by atoms with E-state index in [2.05, 4.69) is 5.32 Å². The number of nitrogens with two attached hydrogens (primary N) is 1. The Labute approximate surface area is 129 Å². The number of nitrogens with one attached hydrogen (secondary N) is 1. The van der Waals surface area contributed by atoms with Crippen molar-refractivity contribution in [2.45, 2.75) is 32.4 Å². The van der Waals surface area contributed by atoms with Gasteiger partial charge in [0.25, 0.3) is 5.91 Å². The maximum Gasteiger partial charge on any atom is 0.260 e. The molecule has 114 valence electrons. The van der Waals surface area contributed by atoms with Gasteiger partial charge in [0.15, 0.2) is 6.10 Å². The standard InChI is InChI=1S/C13H18ClFN2O2.ClH/c1-8(12(18)17-7-13(2,3)16)19-11-5-4-9(15)6-10(11)14;/h4-6,8H,7,16H2,1-3H3,(H,17,18);1H. The van der Waals surface area contributed by atoms with Crippen molar-refractivity contribution in [3.63, 3.8) is 0 Å². The largest absolute Gasteiger partial charge is 0.479 e. The Balaban J connectivity index is 0.00000361. The lowest BCUT2D eigenvalue weighted by Crippen LogP contribution is -2.48. The molecule has 0 aliphatic rings. The minimum absolute atomic E-state index is 0. The van der Waals surface area contributed by atoms with Gasteiger partial charge in [0, 0.05) is 12.1 Å². The Bertz CT molecular complexity index is 464. The number of carbonyl (C=O) groups excluding carboxylic acids is 1. The molecular weight excluding hydrogens is 306 g/mol. The molecule has 1 atom stereocenters. The minimum atomic E-state index is -0.745. The molecule has 0 radical (unpaired) electrons. The monoisotopic (exact) mass is 324 g/mol. The number of amides is 1. The number of hydrogen-bond acceptors (Lipinski definition) is 3. The van der Waals surface area contributed by atoms with Gasteiger partial charge in [0.05, 0.1) is 5.02 Å². The molecule has 0 spiro atoms. The Morgan fingerprint density at radius 1 is 1.55 bits per heavy atom. The summed E-state index contributed by atoms with van der Waals surface area (Å²) >= 11 is 5.81. The highest BCUT2D eigenvalue weighted by Gasteiger charge is 2.19. The SMILES string of the molecule is CC(Oc1ccc(F)cc1Cl)C(=O)NCC(C)(C)N.Cl. The summed E-state index contributed by atoms with van der Waals surface area (Å²) in [5.74, 6) is -0.504. The van der Waals surface area contributed by atoms with Gasteiger partial charge in [0.1, 0.15) is 11.6 Å². The van der Waals surface area contributed by atoms with Gasteiger partial charge >= 0.3 is 0 Å². The van der Waals surface area contributed by atoms with Crippen LogP contribution in [-0.4, -0.2) is 24.1 Å². The van der Waals surface area contributed by atoms with Gasteiger partial charge in [-0.25, -0.2) is 4.39 Å². The molecule has 0 aliphatic carbocycles. The van der Waals surface area contributed by atoms with Crippen molar-refractivity contribution >= 4 is 29.9 Å². The summed E-state index contributed by atoms with van der Waals surface area (Å²) in [5.41, 5.74) is 5.26. The zero-order valence-corrected chi connectivity index (χ0v) is 13.1. The molecule has 0 saturated heterocycles. The molecule has 0 saturated carbocycles. The first-order valence-electron chi connectivity index (χ1n) is 5.87. The third-order valence-electron chi connectivity index (χ3n) is 2.29. The van der Waals surface area contributed by atoms with Crippen LogP contribution >= 0.6 is 24.0 Å². The average Bonchev–Trinajstić information content (AvgIpc) is 2.28. The zero-order valence-electron chi connectivity index (χ0n) is 11.6. The predicted octanol–water partition coefficient (Wildman–Crippen LogP) is 2.52. The molecule has 20 heavy (non-hydrogen) atoms. The van der Waals surface area contributed by atoms with Crippen molar-refractivity contribution < 1.29 is 13.9 Å². The second-order valence-corrected chi connectivity index (χ2v) is 5.45. The topological polar surface area (TPSA) is 64.3 Å². The lowest BCUT2D eigenvalue weighted by molar-refractivity contribution is -0.127. The first-order valence-corrected chi connectivity index (χ1v) is 6.25. The molecule has 0 bridgehead atoms. The molecule has 1 unspecified atom stereocenters. The molecule has 0 aromatic heterocycles. The predicted molar refractivity (Wildman–Crippen MR) is 80.0 cm³/mol. The van der Waals surface area contributed by atoms with E-state index in [0.29, 0.717) is 6.54 Å². The van der Waals surface area contributed by atoms with Crippen molar-refractivity contribution in [1.29, 1.82) is 0 Å². The van der Waals surface area contributed by atoms with Crippen LogP contribution in [0.1, 0.15) is 20.8 Å². The lowest BCUT2D eigenvalue weighted by Gasteiger charge is -2.21. The van der Waals surface area contributed by atoms with E-state index in [1.165, 1.54) is 12.1 Å². The van der Waals surface area contributed by atoms with E-state index in [1.807, 2.05) is 0 Å². The first kappa shape index (κ1) is 19.0. The zero-order chi connectivity index (χ0) is 14.6.